The minimum atomic E-state index is -3.93. The fourth-order valence-corrected chi connectivity index (χ4v) is 4.75. The van der Waals surface area contributed by atoms with Crippen LogP contribution in [0, 0.1) is 5.82 Å². The predicted molar refractivity (Wildman–Crippen MR) is 84.8 cm³/mol. The largest absolute Gasteiger partial charge is 0.371 e. The third-order valence-electron chi connectivity index (χ3n) is 4.40. The molecule has 1 aliphatic carbocycles. The second-order valence-electron chi connectivity index (χ2n) is 5.94. The highest BCUT2D eigenvalue weighted by molar-refractivity contribution is 9.10. The first-order valence-corrected chi connectivity index (χ1v) is 9.55. The van der Waals surface area contributed by atoms with E-state index < -0.39 is 15.8 Å². The van der Waals surface area contributed by atoms with E-state index in [0.29, 0.717) is 29.9 Å². The average Bonchev–Trinajstić information content (AvgIpc) is 2.85. The van der Waals surface area contributed by atoms with Crippen molar-refractivity contribution in [1.82, 2.24) is 0 Å². The minimum absolute atomic E-state index is 0.192. The van der Waals surface area contributed by atoms with Crippen molar-refractivity contribution in [3.05, 3.63) is 22.4 Å². The van der Waals surface area contributed by atoms with Crippen LogP contribution in [0.3, 0.4) is 0 Å². The molecule has 0 radical (unpaired) electrons. The number of anilines is 1. The number of ether oxygens (including phenoxy) is 1. The van der Waals surface area contributed by atoms with E-state index in [0.717, 1.165) is 31.7 Å². The number of benzene rings is 1. The average molecular weight is 393 g/mol. The van der Waals surface area contributed by atoms with Gasteiger partial charge in [-0.1, -0.05) is 12.8 Å². The van der Waals surface area contributed by atoms with Crippen LogP contribution in [0.4, 0.5) is 10.1 Å². The molecular formula is C14H18BrFN2O3S. The van der Waals surface area contributed by atoms with Crippen molar-refractivity contribution in [3.63, 3.8) is 0 Å². The monoisotopic (exact) mass is 392 g/mol. The van der Waals surface area contributed by atoms with E-state index in [1.807, 2.05) is 4.90 Å². The smallest absolute Gasteiger partial charge is 0.238 e. The fraction of sp³-hybridized carbons (Fsp3) is 0.571. The summed E-state index contributed by atoms with van der Waals surface area (Å²) in [5.74, 6) is -0.589. The van der Waals surface area contributed by atoms with Gasteiger partial charge in [0.25, 0.3) is 0 Å². The second kappa shape index (κ2) is 5.74. The van der Waals surface area contributed by atoms with E-state index in [1.54, 1.807) is 0 Å². The number of hydrogen-bond donors (Lipinski definition) is 1. The number of sulfonamides is 1. The van der Waals surface area contributed by atoms with Crippen LogP contribution in [-0.2, 0) is 14.8 Å². The van der Waals surface area contributed by atoms with Crippen LogP contribution in [0.15, 0.2) is 21.5 Å². The Kier molecular flexibility index (Phi) is 4.22. The Balaban J connectivity index is 1.94. The molecule has 1 aromatic carbocycles. The van der Waals surface area contributed by atoms with Crippen LogP contribution in [0.5, 0.6) is 0 Å². The maximum absolute atomic E-state index is 14.5. The zero-order valence-electron chi connectivity index (χ0n) is 12.0. The lowest BCUT2D eigenvalue weighted by Gasteiger charge is -2.42. The molecule has 8 heteroatoms. The number of halogens is 2. The predicted octanol–water partition coefficient (Wildman–Crippen LogP) is 2.39. The van der Waals surface area contributed by atoms with Gasteiger partial charge in [0.2, 0.25) is 10.0 Å². The first-order chi connectivity index (χ1) is 10.3. The molecule has 1 saturated carbocycles. The highest BCUT2D eigenvalue weighted by Crippen LogP contribution is 2.40. The van der Waals surface area contributed by atoms with Gasteiger partial charge in [-0.05, 0) is 40.9 Å². The lowest BCUT2D eigenvalue weighted by molar-refractivity contribution is -0.0503. The molecule has 122 valence electrons. The van der Waals surface area contributed by atoms with E-state index in [9.17, 15) is 12.8 Å². The minimum Gasteiger partial charge on any atom is -0.371 e. The molecule has 0 amide bonds. The zero-order valence-corrected chi connectivity index (χ0v) is 14.4. The maximum Gasteiger partial charge on any atom is 0.238 e. The molecule has 5 nitrogen and oxygen atoms in total. The van der Waals surface area contributed by atoms with Gasteiger partial charge in [0.15, 0.2) is 0 Å². The van der Waals surface area contributed by atoms with E-state index in [-0.39, 0.29) is 10.5 Å². The summed E-state index contributed by atoms with van der Waals surface area (Å²) in [6.45, 7) is 1.74. The van der Waals surface area contributed by atoms with Crippen LogP contribution < -0.4 is 10.0 Å². The first-order valence-electron chi connectivity index (χ1n) is 7.22. The molecule has 1 saturated heterocycles. The summed E-state index contributed by atoms with van der Waals surface area (Å²) in [5, 5.41) is 5.07. The SMILES string of the molecule is NS(=O)(=O)c1cc(F)c(N2CCOC3(CCCC3)C2)c(Br)c1. The van der Waals surface area contributed by atoms with Crippen molar-refractivity contribution in [2.24, 2.45) is 5.14 Å². The molecule has 1 spiro atoms. The molecule has 0 atom stereocenters. The quantitative estimate of drug-likeness (QED) is 0.838. The summed E-state index contributed by atoms with van der Waals surface area (Å²) < 4.78 is 43.6. The Morgan fingerprint density at radius 2 is 2.00 bits per heavy atom. The van der Waals surface area contributed by atoms with Crippen LogP contribution in [0.1, 0.15) is 25.7 Å². The normalized spacial score (nSPS) is 21.5. The lowest BCUT2D eigenvalue weighted by atomic mass is 9.99. The Labute approximate surface area is 137 Å². The Bertz CT molecular complexity index is 666. The number of nitrogens with zero attached hydrogens (tertiary/aromatic N) is 1. The summed E-state index contributed by atoms with van der Waals surface area (Å²) in [6.07, 6.45) is 4.22. The van der Waals surface area contributed by atoms with Gasteiger partial charge in [-0.2, -0.15) is 0 Å². The van der Waals surface area contributed by atoms with Gasteiger partial charge >= 0.3 is 0 Å². The van der Waals surface area contributed by atoms with Crippen LogP contribution in [-0.4, -0.2) is 33.7 Å². The second-order valence-corrected chi connectivity index (χ2v) is 8.36. The molecule has 0 aromatic heterocycles. The molecule has 1 aliphatic heterocycles. The number of hydrogen-bond acceptors (Lipinski definition) is 4. The van der Waals surface area contributed by atoms with Gasteiger partial charge in [-0.3, -0.25) is 0 Å². The molecular weight excluding hydrogens is 375 g/mol. The van der Waals surface area contributed by atoms with Crippen molar-refractivity contribution in [1.29, 1.82) is 0 Å². The summed E-state index contributed by atoms with van der Waals surface area (Å²) in [6, 6.07) is 2.33. The highest BCUT2D eigenvalue weighted by Gasteiger charge is 2.40. The van der Waals surface area contributed by atoms with Crippen LogP contribution in [0.25, 0.3) is 0 Å². The van der Waals surface area contributed by atoms with Crippen molar-refractivity contribution < 1.29 is 17.5 Å². The number of primary sulfonamides is 1. The van der Waals surface area contributed by atoms with E-state index in [4.69, 9.17) is 9.88 Å². The summed E-state index contributed by atoms with van der Waals surface area (Å²) >= 11 is 3.28. The van der Waals surface area contributed by atoms with Gasteiger partial charge in [0.05, 0.1) is 22.8 Å². The highest BCUT2D eigenvalue weighted by atomic mass is 79.9. The van der Waals surface area contributed by atoms with Crippen molar-refractivity contribution in [2.45, 2.75) is 36.2 Å². The Morgan fingerprint density at radius 3 is 2.59 bits per heavy atom. The summed E-state index contributed by atoms with van der Waals surface area (Å²) in [7, 11) is -3.93. The molecule has 1 heterocycles. The van der Waals surface area contributed by atoms with E-state index >= 15 is 0 Å². The third kappa shape index (κ3) is 3.02. The summed E-state index contributed by atoms with van der Waals surface area (Å²) in [4.78, 5) is 1.70. The molecule has 0 unspecified atom stereocenters. The molecule has 0 bridgehead atoms. The van der Waals surface area contributed by atoms with Gasteiger partial charge < -0.3 is 9.64 Å². The van der Waals surface area contributed by atoms with E-state index in [2.05, 4.69) is 15.9 Å². The standard InChI is InChI=1S/C14H18BrFN2O3S/c15-11-7-10(22(17,19)20)8-12(16)13(11)18-5-6-21-14(9-18)3-1-2-4-14/h7-8H,1-6,9H2,(H2,17,19,20). The van der Waals surface area contributed by atoms with E-state index in [1.165, 1.54) is 6.07 Å². The van der Waals surface area contributed by atoms with Gasteiger partial charge in [-0.25, -0.2) is 17.9 Å². The molecule has 2 fully saturated rings. The van der Waals surface area contributed by atoms with Crippen molar-refractivity contribution in [3.8, 4) is 0 Å². The number of nitrogens with two attached hydrogens (primary N) is 1. The molecule has 22 heavy (non-hydrogen) atoms. The Morgan fingerprint density at radius 1 is 1.32 bits per heavy atom. The van der Waals surface area contributed by atoms with Gasteiger partial charge in [0.1, 0.15) is 5.82 Å². The van der Waals surface area contributed by atoms with Crippen molar-refractivity contribution in [2.75, 3.05) is 24.6 Å². The van der Waals surface area contributed by atoms with Gasteiger partial charge in [-0.15, -0.1) is 0 Å². The zero-order chi connectivity index (χ0) is 16.0. The maximum atomic E-state index is 14.5. The summed E-state index contributed by atoms with van der Waals surface area (Å²) in [5.41, 5.74) is 0.185. The first kappa shape index (κ1) is 16.2. The number of morpholine rings is 1. The molecule has 2 N–H and O–H groups in total. The lowest BCUT2D eigenvalue weighted by Crippen LogP contribution is -2.50. The molecule has 3 rings (SSSR count). The molecule has 1 aromatic rings. The number of rotatable bonds is 2. The van der Waals surface area contributed by atoms with Crippen LogP contribution >= 0.6 is 15.9 Å². The fourth-order valence-electron chi connectivity index (χ4n) is 3.37. The molecule has 2 aliphatic rings. The van der Waals surface area contributed by atoms with Crippen LogP contribution in [0.2, 0.25) is 0 Å². The van der Waals surface area contributed by atoms with Crippen molar-refractivity contribution >= 4 is 31.6 Å². The topological polar surface area (TPSA) is 72.6 Å². The third-order valence-corrected chi connectivity index (χ3v) is 5.90. The van der Waals surface area contributed by atoms with Gasteiger partial charge in [0, 0.05) is 17.6 Å². The Hall–Kier alpha value is -0.700.